The maximum absolute atomic E-state index is 11.5. The second-order valence-electron chi connectivity index (χ2n) is 3.60. The fourth-order valence-corrected chi connectivity index (χ4v) is 1.13. The van der Waals surface area contributed by atoms with Gasteiger partial charge in [0.25, 0.3) is 0 Å². The van der Waals surface area contributed by atoms with E-state index >= 15 is 0 Å². The predicted molar refractivity (Wildman–Crippen MR) is 50.4 cm³/mol. The zero-order chi connectivity index (χ0) is 10.1. The highest BCUT2D eigenvalue weighted by Gasteiger charge is 2.29. The minimum absolute atomic E-state index is 0.0457. The summed E-state index contributed by atoms with van der Waals surface area (Å²) >= 11 is 0. The Morgan fingerprint density at radius 3 is 2.62 bits per heavy atom. The van der Waals surface area contributed by atoms with Gasteiger partial charge < -0.3 is 5.32 Å². The van der Waals surface area contributed by atoms with E-state index in [0.29, 0.717) is 0 Å². The molecule has 1 amide bonds. The van der Waals surface area contributed by atoms with Crippen molar-refractivity contribution >= 4 is 5.91 Å². The van der Waals surface area contributed by atoms with E-state index in [0.717, 1.165) is 5.56 Å². The van der Waals surface area contributed by atoms with Crippen LogP contribution in [0.1, 0.15) is 19.4 Å². The molecule has 0 spiro atoms. The van der Waals surface area contributed by atoms with Crippen LogP contribution in [0.5, 0.6) is 0 Å². The molecule has 4 heteroatoms. The molecule has 0 saturated carbocycles. The lowest BCUT2D eigenvalue weighted by atomic mass is 10.1. The molecule has 1 rings (SSSR count). The molecule has 4 nitrogen and oxygen atoms in total. The van der Waals surface area contributed by atoms with Gasteiger partial charge in [0.05, 0.1) is 6.20 Å². The second kappa shape index (κ2) is 3.20. The van der Waals surface area contributed by atoms with Gasteiger partial charge >= 0.3 is 0 Å². The Hall–Kier alpha value is -1.32. The van der Waals surface area contributed by atoms with Crippen LogP contribution in [-0.4, -0.2) is 22.7 Å². The first-order chi connectivity index (χ1) is 5.98. The topological polar surface area (TPSA) is 46.9 Å². The molecule has 0 bridgehead atoms. The zero-order valence-corrected chi connectivity index (χ0v) is 8.46. The quantitative estimate of drug-likeness (QED) is 0.729. The number of carbonyl (C=O) groups excluding carboxylic acids is 1. The van der Waals surface area contributed by atoms with Crippen LogP contribution in [-0.2, 0) is 10.3 Å². The number of hydrogen-bond acceptors (Lipinski definition) is 2. The molecule has 72 valence electrons. The average molecular weight is 181 g/mol. The number of amides is 1. The monoisotopic (exact) mass is 181 g/mol. The molecule has 0 saturated heterocycles. The molecule has 1 N–H and O–H groups in total. The summed E-state index contributed by atoms with van der Waals surface area (Å²) in [5.74, 6) is -0.0457. The van der Waals surface area contributed by atoms with Crippen molar-refractivity contribution in [2.45, 2.75) is 26.3 Å². The zero-order valence-electron chi connectivity index (χ0n) is 8.46. The third-order valence-corrected chi connectivity index (χ3v) is 2.07. The molecule has 0 radical (unpaired) electrons. The lowest BCUT2D eigenvalue weighted by molar-refractivity contribution is -0.128. The first-order valence-electron chi connectivity index (χ1n) is 4.22. The summed E-state index contributed by atoms with van der Waals surface area (Å²) in [4.78, 5) is 11.5. The third-order valence-electron chi connectivity index (χ3n) is 2.07. The number of nitrogens with zero attached hydrogens (tertiary/aromatic N) is 2. The van der Waals surface area contributed by atoms with Gasteiger partial charge in [-0.2, -0.15) is 5.10 Å². The summed E-state index contributed by atoms with van der Waals surface area (Å²) in [6.07, 6.45) is 3.60. The SMILES string of the molecule is CNC(=O)C(C)(C)n1cc(C)cn1. The van der Waals surface area contributed by atoms with Crippen molar-refractivity contribution in [2.75, 3.05) is 7.05 Å². The minimum Gasteiger partial charge on any atom is -0.357 e. The van der Waals surface area contributed by atoms with Gasteiger partial charge in [0, 0.05) is 13.2 Å². The lowest BCUT2D eigenvalue weighted by Gasteiger charge is -2.22. The van der Waals surface area contributed by atoms with E-state index in [1.807, 2.05) is 27.0 Å². The van der Waals surface area contributed by atoms with Crippen LogP contribution in [0.15, 0.2) is 12.4 Å². The van der Waals surface area contributed by atoms with Crippen LogP contribution < -0.4 is 5.32 Å². The van der Waals surface area contributed by atoms with E-state index in [9.17, 15) is 4.79 Å². The Bertz CT molecular complexity index is 314. The summed E-state index contributed by atoms with van der Waals surface area (Å²) < 4.78 is 1.67. The molecule has 0 fully saturated rings. The molecule has 1 heterocycles. The maximum atomic E-state index is 11.5. The molecule has 1 aromatic heterocycles. The average Bonchev–Trinajstić information content (AvgIpc) is 2.50. The van der Waals surface area contributed by atoms with Crippen molar-refractivity contribution < 1.29 is 4.79 Å². The Balaban J connectivity index is 2.99. The summed E-state index contributed by atoms with van der Waals surface area (Å²) in [5.41, 5.74) is 0.431. The van der Waals surface area contributed by atoms with Crippen molar-refractivity contribution in [1.82, 2.24) is 15.1 Å². The molecular formula is C9H15N3O. The summed E-state index contributed by atoms with van der Waals surface area (Å²) in [6.45, 7) is 5.61. The van der Waals surface area contributed by atoms with Gasteiger partial charge in [-0.05, 0) is 26.3 Å². The number of aromatic nitrogens is 2. The second-order valence-corrected chi connectivity index (χ2v) is 3.60. The smallest absolute Gasteiger partial charge is 0.247 e. The van der Waals surface area contributed by atoms with Gasteiger partial charge in [-0.15, -0.1) is 0 Å². The number of hydrogen-bond donors (Lipinski definition) is 1. The Morgan fingerprint density at radius 2 is 2.23 bits per heavy atom. The van der Waals surface area contributed by atoms with Crippen LogP contribution in [0.3, 0.4) is 0 Å². The fourth-order valence-electron chi connectivity index (χ4n) is 1.13. The van der Waals surface area contributed by atoms with Crippen LogP contribution in [0.25, 0.3) is 0 Å². The van der Waals surface area contributed by atoms with E-state index in [1.54, 1.807) is 17.9 Å². The largest absolute Gasteiger partial charge is 0.357 e. The van der Waals surface area contributed by atoms with E-state index in [1.165, 1.54) is 0 Å². The molecule has 0 atom stereocenters. The van der Waals surface area contributed by atoms with Crippen molar-refractivity contribution in [3.8, 4) is 0 Å². The molecule has 0 aliphatic heterocycles. The standard InChI is InChI=1S/C9H15N3O/c1-7-5-11-12(6-7)9(2,3)8(13)10-4/h5-6H,1-4H3,(H,10,13). The molecule has 13 heavy (non-hydrogen) atoms. The first kappa shape index (κ1) is 9.77. The highest BCUT2D eigenvalue weighted by Crippen LogP contribution is 2.14. The van der Waals surface area contributed by atoms with Crippen LogP contribution in [0.4, 0.5) is 0 Å². The molecule has 0 aromatic carbocycles. The van der Waals surface area contributed by atoms with Crippen LogP contribution in [0, 0.1) is 6.92 Å². The van der Waals surface area contributed by atoms with Gasteiger partial charge in [-0.3, -0.25) is 9.48 Å². The predicted octanol–water partition coefficient (Wildman–Crippen LogP) is 0.673. The van der Waals surface area contributed by atoms with Crippen LogP contribution in [0.2, 0.25) is 0 Å². The maximum Gasteiger partial charge on any atom is 0.247 e. The molecule has 0 aliphatic rings. The van der Waals surface area contributed by atoms with E-state index in [4.69, 9.17) is 0 Å². The van der Waals surface area contributed by atoms with Crippen molar-refractivity contribution in [2.24, 2.45) is 0 Å². The molecular weight excluding hydrogens is 166 g/mol. The minimum atomic E-state index is -0.622. The summed E-state index contributed by atoms with van der Waals surface area (Å²) in [7, 11) is 1.63. The van der Waals surface area contributed by atoms with E-state index in [-0.39, 0.29) is 5.91 Å². The highest BCUT2D eigenvalue weighted by molar-refractivity contribution is 5.83. The molecule has 0 aliphatic carbocycles. The third kappa shape index (κ3) is 1.71. The summed E-state index contributed by atoms with van der Waals surface area (Å²) in [5, 5.41) is 6.73. The Morgan fingerprint density at radius 1 is 1.62 bits per heavy atom. The van der Waals surface area contributed by atoms with Crippen LogP contribution >= 0.6 is 0 Å². The normalized spacial score (nSPS) is 11.4. The number of rotatable bonds is 2. The Labute approximate surface area is 77.9 Å². The van der Waals surface area contributed by atoms with Crippen molar-refractivity contribution in [3.63, 3.8) is 0 Å². The number of likely N-dealkylation sites (N-methyl/N-ethyl adjacent to an activating group) is 1. The number of nitrogens with one attached hydrogen (secondary N) is 1. The fraction of sp³-hybridized carbons (Fsp3) is 0.556. The van der Waals surface area contributed by atoms with E-state index < -0.39 is 5.54 Å². The highest BCUT2D eigenvalue weighted by atomic mass is 16.2. The van der Waals surface area contributed by atoms with Gasteiger partial charge in [0.1, 0.15) is 5.54 Å². The van der Waals surface area contributed by atoms with Gasteiger partial charge in [0.2, 0.25) is 5.91 Å². The van der Waals surface area contributed by atoms with Crippen molar-refractivity contribution in [3.05, 3.63) is 18.0 Å². The van der Waals surface area contributed by atoms with Gasteiger partial charge in [-0.25, -0.2) is 0 Å². The van der Waals surface area contributed by atoms with Gasteiger partial charge in [0.15, 0.2) is 0 Å². The molecule has 1 aromatic rings. The number of carbonyl (C=O) groups is 1. The molecule has 0 unspecified atom stereocenters. The van der Waals surface area contributed by atoms with Gasteiger partial charge in [-0.1, -0.05) is 0 Å². The number of aryl methyl sites for hydroxylation is 1. The van der Waals surface area contributed by atoms with Crippen molar-refractivity contribution in [1.29, 1.82) is 0 Å². The Kier molecular flexibility index (Phi) is 2.40. The lowest BCUT2D eigenvalue weighted by Crippen LogP contribution is -2.43. The van der Waals surface area contributed by atoms with E-state index in [2.05, 4.69) is 10.4 Å². The first-order valence-corrected chi connectivity index (χ1v) is 4.22. The summed E-state index contributed by atoms with van der Waals surface area (Å²) in [6, 6.07) is 0.